The number of hydrogen-bond donors (Lipinski definition) is 2. The molecule has 1 amide bonds. The van der Waals surface area contributed by atoms with Gasteiger partial charge in [-0.05, 0) is 31.2 Å². The minimum Gasteiger partial charge on any atom is -0.478 e. The molecule has 0 saturated carbocycles. The van der Waals surface area contributed by atoms with Crippen LogP contribution < -0.4 is 5.32 Å². The second-order valence-corrected chi connectivity index (χ2v) is 4.14. The smallest absolute Gasteiger partial charge is 0.337 e. The quantitative estimate of drug-likeness (QED) is 0.877. The van der Waals surface area contributed by atoms with Crippen molar-refractivity contribution in [1.82, 2.24) is 15.3 Å². The molecule has 2 heterocycles. The monoisotopic (exact) mass is 271 g/mol. The summed E-state index contributed by atoms with van der Waals surface area (Å²) in [5.41, 5.74) is 1.32. The number of carbonyl (C=O) groups excluding carboxylic acids is 1. The fourth-order valence-corrected chi connectivity index (χ4v) is 1.68. The molecule has 0 saturated heterocycles. The lowest BCUT2D eigenvalue weighted by atomic mass is 10.2. The average Bonchev–Trinajstić information content (AvgIpc) is 2.45. The third-order valence-corrected chi connectivity index (χ3v) is 2.71. The van der Waals surface area contributed by atoms with E-state index in [9.17, 15) is 9.59 Å². The highest BCUT2D eigenvalue weighted by molar-refractivity contribution is 5.94. The van der Waals surface area contributed by atoms with Crippen LogP contribution in [0.4, 0.5) is 0 Å². The SMILES string of the molecule is Cc1nc(C(=O)NCc2ccccn2)ccc1C(=O)O. The van der Waals surface area contributed by atoms with Gasteiger partial charge in [0.15, 0.2) is 0 Å². The molecule has 0 atom stereocenters. The van der Waals surface area contributed by atoms with Crippen molar-refractivity contribution < 1.29 is 14.7 Å². The van der Waals surface area contributed by atoms with Gasteiger partial charge in [0.1, 0.15) is 5.69 Å². The Bertz CT molecular complexity index is 641. The maximum atomic E-state index is 11.9. The highest BCUT2D eigenvalue weighted by atomic mass is 16.4. The highest BCUT2D eigenvalue weighted by Crippen LogP contribution is 2.07. The summed E-state index contributed by atoms with van der Waals surface area (Å²) < 4.78 is 0. The molecular formula is C14H13N3O3. The Labute approximate surface area is 115 Å². The van der Waals surface area contributed by atoms with Gasteiger partial charge >= 0.3 is 5.97 Å². The van der Waals surface area contributed by atoms with Crippen LogP contribution >= 0.6 is 0 Å². The summed E-state index contributed by atoms with van der Waals surface area (Å²) in [5.74, 6) is -1.42. The second kappa shape index (κ2) is 5.92. The molecule has 0 aromatic carbocycles. The number of aryl methyl sites for hydroxylation is 1. The Morgan fingerprint density at radius 1 is 1.25 bits per heavy atom. The van der Waals surface area contributed by atoms with Crippen molar-refractivity contribution in [2.24, 2.45) is 0 Å². The summed E-state index contributed by atoms with van der Waals surface area (Å²) in [4.78, 5) is 30.8. The van der Waals surface area contributed by atoms with Crippen molar-refractivity contribution in [3.8, 4) is 0 Å². The van der Waals surface area contributed by atoms with E-state index >= 15 is 0 Å². The zero-order valence-corrected chi connectivity index (χ0v) is 10.8. The minimum absolute atomic E-state index is 0.0891. The maximum Gasteiger partial charge on any atom is 0.337 e. The van der Waals surface area contributed by atoms with Crippen molar-refractivity contribution in [2.45, 2.75) is 13.5 Å². The van der Waals surface area contributed by atoms with E-state index in [1.807, 2.05) is 6.07 Å². The van der Waals surface area contributed by atoms with E-state index in [1.165, 1.54) is 12.1 Å². The molecule has 0 spiro atoms. The van der Waals surface area contributed by atoms with E-state index in [0.29, 0.717) is 12.2 Å². The normalized spacial score (nSPS) is 10.1. The predicted molar refractivity (Wildman–Crippen MR) is 71.3 cm³/mol. The van der Waals surface area contributed by atoms with Gasteiger partial charge < -0.3 is 10.4 Å². The van der Waals surface area contributed by atoms with Crippen LogP contribution in [0, 0.1) is 6.92 Å². The molecule has 0 unspecified atom stereocenters. The van der Waals surface area contributed by atoms with E-state index in [2.05, 4.69) is 15.3 Å². The van der Waals surface area contributed by atoms with Crippen molar-refractivity contribution in [2.75, 3.05) is 0 Å². The number of nitrogens with one attached hydrogen (secondary N) is 1. The molecule has 2 N–H and O–H groups in total. The van der Waals surface area contributed by atoms with Gasteiger partial charge in [-0.3, -0.25) is 9.78 Å². The van der Waals surface area contributed by atoms with Gasteiger partial charge in [0, 0.05) is 6.20 Å². The fraction of sp³-hybridized carbons (Fsp3) is 0.143. The summed E-state index contributed by atoms with van der Waals surface area (Å²) >= 11 is 0. The van der Waals surface area contributed by atoms with Crippen LogP contribution in [-0.4, -0.2) is 27.0 Å². The molecular weight excluding hydrogens is 258 g/mol. The predicted octanol–water partition coefficient (Wildman–Crippen LogP) is 1.41. The van der Waals surface area contributed by atoms with E-state index < -0.39 is 5.97 Å². The van der Waals surface area contributed by atoms with Crippen LogP contribution in [0.2, 0.25) is 0 Å². The van der Waals surface area contributed by atoms with Crippen LogP contribution in [0.5, 0.6) is 0 Å². The minimum atomic E-state index is -1.06. The molecule has 6 heteroatoms. The van der Waals surface area contributed by atoms with E-state index in [1.54, 1.807) is 25.3 Å². The zero-order chi connectivity index (χ0) is 14.5. The first-order chi connectivity index (χ1) is 9.58. The van der Waals surface area contributed by atoms with Gasteiger partial charge in [0.25, 0.3) is 5.91 Å². The van der Waals surface area contributed by atoms with Gasteiger partial charge in [0.2, 0.25) is 0 Å². The number of aromatic nitrogens is 2. The highest BCUT2D eigenvalue weighted by Gasteiger charge is 2.12. The molecule has 0 aliphatic heterocycles. The number of carbonyl (C=O) groups is 2. The van der Waals surface area contributed by atoms with Gasteiger partial charge in [-0.1, -0.05) is 6.07 Å². The Morgan fingerprint density at radius 3 is 2.65 bits per heavy atom. The first-order valence-corrected chi connectivity index (χ1v) is 5.97. The Morgan fingerprint density at radius 2 is 2.05 bits per heavy atom. The Balaban J connectivity index is 2.06. The van der Waals surface area contributed by atoms with Gasteiger partial charge in [-0.2, -0.15) is 0 Å². The first-order valence-electron chi connectivity index (χ1n) is 5.97. The number of aromatic carboxylic acids is 1. The van der Waals surface area contributed by atoms with Crippen LogP contribution in [0.3, 0.4) is 0 Å². The van der Waals surface area contributed by atoms with E-state index in [-0.39, 0.29) is 17.2 Å². The van der Waals surface area contributed by atoms with Crippen molar-refractivity contribution in [1.29, 1.82) is 0 Å². The second-order valence-electron chi connectivity index (χ2n) is 4.14. The topological polar surface area (TPSA) is 92.2 Å². The number of amides is 1. The molecule has 102 valence electrons. The Hall–Kier alpha value is -2.76. The largest absolute Gasteiger partial charge is 0.478 e. The molecule has 6 nitrogen and oxygen atoms in total. The van der Waals surface area contributed by atoms with E-state index in [4.69, 9.17) is 5.11 Å². The molecule has 2 aromatic heterocycles. The summed E-state index contributed by atoms with van der Waals surface area (Å²) in [5, 5.41) is 11.6. The molecule has 2 rings (SSSR count). The van der Waals surface area contributed by atoms with Crippen LogP contribution in [0.15, 0.2) is 36.5 Å². The van der Waals surface area contributed by atoms with Crippen molar-refractivity contribution in [3.63, 3.8) is 0 Å². The lowest BCUT2D eigenvalue weighted by Crippen LogP contribution is -2.24. The van der Waals surface area contributed by atoms with Crippen molar-refractivity contribution in [3.05, 3.63) is 59.2 Å². The van der Waals surface area contributed by atoms with E-state index in [0.717, 1.165) is 5.69 Å². The number of carboxylic acid groups (broad SMARTS) is 1. The molecule has 2 aromatic rings. The molecule has 0 bridgehead atoms. The molecule has 0 radical (unpaired) electrons. The number of hydrogen-bond acceptors (Lipinski definition) is 4. The standard InChI is InChI=1S/C14H13N3O3/c1-9-11(14(19)20)5-6-12(17-9)13(18)16-8-10-4-2-3-7-15-10/h2-7H,8H2,1H3,(H,16,18)(H,19,20). The summed E-state index contributed by atoms with van der Waals surface area (Å²) in [6.07, 6.45) is 1.64. The van der Waals surface area contributed by atoms with Gasteiger partial charge in [-0.25, -0.2) is 9.78 Å². The summed E-state index contributed by atoms with van der Waals surface area (Å²) in [6, 6.07) is 8.19. The summed E-state index contributed by atoms with van der Waals surface area (Å²) in [7, 11) is 0. The number of nitrogens with zero attached hydrogens (tertiary/aromatic N) is 2. The lowest BCUT2D eigenvalue weighted by Gasteiger charge is -2.06. The molecule has 0 aliphatic carbocycles. The van der Waals surface area contributed by atoms with Crippen molar-refractivity contribution >= 4 is 11.9 Å². The third kappa shape index (κ3) is 3.17. The van der Waals surface area contributed by atoms with Gasteiger partial charge in [0.05, 0.1) is 23.5 Å². The number of rotatable bonds is 4. The lowest BCUT2D eigenvalue weighted by molar-refractivity contribution is 0.0694. The van der Waals surface area contributed by atoms with Crippen LogP contribution in [0.1, 0.15) is 32.2 Å². The third-order valence-electron chi connectivity index (χ3n) is 2.71. The Kier molecular flexibility index (Phi) is 4.05. The fourth-order valence-electron chi connectivity index (χ4n) is 1.68. The molecule has 20 heavy (non-hydrogen) atoms. The first kappa shape index (κ1) is 13.7. The number of pyridine rings is 2. The molecule has 0 aliphatic rings. The maximum absolute atomic E-state index is 11.9. The average molecular weight is 271 g/mol. The van der Waals surface area contributed by atoms with Gasteiger partial charge in [-0.15, -0.1) is 0 Å². The molecule has 0 fully saturated rings. The van der Waals surface area contributed by atoms with Crippen LogP contribution in [-0.2, 0) is 6.54 Å². The summed E-state index contributed by atoms with van der Waals surface area (Å²) in [6.45, 7) is 1.85. The zero-order valence-electron chi connectivity index (χ0n) is 10.8. The number of carboxylic acids is 1. The van der Waals surface area contributed by atoms with Crippen LogP contribution in [0.25, 0.3) is 0 Å².